The van der Waals surface area contributed by atoms with Crippen molar-refractivity contribution >= 4 is 0 Å². The summed E-state index contributed by atoms with van der Waals surface area (Å²) in [7, 11) is 0. The SMILES string of the molecule is CCCC1NCC(C)C(c2ccccc2)c2ccccc21. The number of fused-ring (bicyclic) bond motifs is 1. The summed E-state index contributed by atoms with van der Waals surface area (Å²) < 4.78 is 0. The zero-order valence-corrected chi connectivity index (χ0v) is 13.0. The molecule has 0 radical (unpaired) electrons. The molecule has 1 aliphatic heterocycles. The third-order valence-corrected chi connectivity index (χ3v) is 4.70. The third kappa shape index (κ3) is 2.89. The summed E-state index contributed by atoms with van der Waals surface area (Å²) in [6.45, 7) is 5.72. The minimum atomic E-state index is 0.497. The highest BCUT2D eigenvalue weighted by molar-refractivity contribution is 5.41. The Morgan fingerprint density at radius 3 is 2.33 bits per heavy atom. The molecular weight excluding hydrogens is 254 g/mol. The van der Waals surface area contributed by atoms with Gasteiger partial charge in [0.05, 0.1) is 0 Å². The molecule has 0 fully saturated rings. The highest BCUT2D eigenvalue weighted by Crippen LogP contribution is 2.39. The van der Waals surface area contributed by atoms with E-state index in [-0.39, 0.29) is 0 Å². The van der Waals surface area contributed by atoms with Gasteiger partial charge in [-0.1, -0.05) is 74.9 Å². The summed E-state index contributed by atoms with van der Waals surface area (Å²) in [5, 5.41) is 3.79. The lowest BCUT2D eigenvalue weighted by Crippen LogP contribution is -2.25. The molecule has 0 saturated heterocycles. The summed E-state index contributed by atoms with van der Waals surface area (Å²) in [6, 6.07) is 20.5. The van der Waals surface area contributed by atoms with Crippen LogP contribution in [0.4, 0.5) is 0 Å². The molecule has 110 valence electrons. The topological polar surface area (TPSA) is 12.0 Å². The van der Waals surface area contributed by atoms with Gasteiger partial charge in [-0.15, -0.1) is 0 Å². The Labute approximate surface area is 128 Å². The van der Waals surface area contributed by atoms with Crippen molar-refractivity contribution in [3.8, 4) is 0 Å². The van der Waals surface area contributed by atoms with E-state index in [2.05, 4.69) is 73.8 Å². The Morgan fingerprint density at radius 1 is 0.952 bits per heavy atom. The van der Waals surface area contributed by atoms with Crippen LogP contribution >= 0.6 is 0 Å². The van der Waals surface area contributed by atoms with Gasteiger partial charge in [0.2, 0.25) is 0 Å². The molecule has 0 bridgehead atoms. The van der Waals surface area contributed by atoms with Gasteiger partial charge in [-0.2, -0.15) is 0 Å². The van der Waals surface area contributed by atoms with Crippen molar-refractivity contribution < 1.29 is 0 Å². The van der Waals surface area contributed by atoms with Crippen molar-refractivity contribution in [2.45, 2.75) is 38.6 Å². The first-order valence-electron chi connectivity index (χ1n) is 8.18. The van der Waals surface area contributed by atoms with Gasteiger partial charge in [-0.3, -0.25) is 0 Å². The van der Waals surface area contributed by atoms with Crippen molar-refractivity contribution in [1.29, 1.82) is 0 Å². The fourth-order valence-electron chi connectivity index (χ4n) is 3.69. The molecule has 0 aromatic heterocycles. The first kappa shape index (κ1) is 14.3. The van der Waals surface area contributed by atoms with E-state index in [1.165, 1.54) is 29.5 Å². The maximum Gasteiger partial charge on any atom is 0.0323 e. The van der Waals surface area contributed by atoms with Gasteiger partial charge in [0, 0.05) is 12.0 Å². The minimum absolute atomic E-state index is 0.497. The monoisotopic (exact) mass is 279 g/mol. The maximum absolute atomic E-state index is 3.79. The number of rotatable bonds is 3. The van der Waals surface area contributed by atoms with E-state index in [1.54, 1.807) is 0 Å². The maximum atomic E-state index is 3.79. The molecule has 3 atom stereocenters. The summed E-state index contributed by atoms with van der Waals surface area (Å²) in [4.78, 5) is 0. The quantitative estimate of drug-likeness (QED) is 0.842. The van der Waals surface area contributed by atoms with Crippen LogP contribution in [0.2, 0.25) is 0 Å². The second kappa shape index (κ2) is 6.44. The van der Waals surface area contributed by atoms with Gasteiger partial charge in [-0.05, 0) is 35.6 Å². The smallest absolute Gasteiger partial charge is 0.0323 e. The number of nitrogens with one attached hydrogen (secondary N) is 1. The molecule has 0 spiro atoms. The molecule has 0 aliphatic carbocycles. The van der Waals surface area contributed by atoms with Crippen LogP contribution in [0.15, 0.2) is 54.6 Å². The molecule has 1 heterocycles. The lowest BCUT2D eigenvalue weighted by Gasteiger charge is -2.24. The molecular formula is C20H25N. The van der Waals surface area contributed by atoms with Crippen LogP contribution < -0.4 is 5.32 Å². The summed E-state index contributed by atoms with van der Waals surface area (Å²) in [6.07, 6.45) is 2.43. The molecule has 2 aromatic carbocycles. The predicted octanol–water partition coefficient (Wildman–Crippen LogP) is 4.90. The number of hydrogen-bond acceptors (Lipinski definition) is 1. The summed E-state index contributed by atoms with van der Waals surface area (Å²) >= 11 is 0. The number of benzene rings is 2. The Bertz CT molecular complexity index is 575. The van der Waals surface area contributed by atoms with Crippen LogP contribution in [0.3, 0.4) is 0 Å². The molecule has 0 saturated carbocycles. The zero-order chi connectivity index (χ0) is 14.7. The van der Waals surface area contributed by atoms with Crippen LogP contribution in [-0.4, -0.2) is 6.54 Å². The van der Waals surface area contributed by atoms with Crippen molar-refractivity contribution in [1.82, 2.24) is 5.32 Å². The van der Waals surface area contributed by atoms with Crippen molar-refractivity contribution in [2.24, 2.45) is 5.92 Å². The van der Waals surface area contributed by atoms with Gasteiger partial charge in [0.15, 0.2) is 0 Å². The molecule has 1 N–H and O–H groups in total. The highest BCUT2D eigenvalue weighted by atomic mass is 14.9. The zero-order valence-electron chi connectivity index (χ0n) is 13.0. The van der Waals surface area contributed by atoms with Crippen LogP contribution in [0, 0.1) is 5.92 Å². The molecule has 2 aromatic rings. The van der Waals surface area contributed by atoms with Gasteiger partial charge in [-0.25, -0.2) is 0 Å². The lowest BCUT2D eigenvalue weighted by molar-refractivity contribution is 0.436. The van der Waals surface area contributed by atoms with Crippen LogP contribution in [-0.2, 0) is 0 Å². The first-order chi connectivity index (χ1) is 10.3. The predicted molar refractivity (Wildman–Crippen MR) is 89.5 cm³/mol. The van der Waals surface area contributed by atoms with Crippen LogP contribution in [0.5, 0.6) is 0 Å². The average Bonchev–Trinajstić information content (AvgIpc) is 2.66. The molecule has 0 amide bonds. The van der Waals surface area contributed by atoms with Gasteiger partial charge < -0.3 is 5.32 Å². The Balaban J connectivity index is 2.08. The lowest BCUT2D eigenvalue weighted by atomic mass is 9.80. The summed E-state index contributed by atoms with van der Waals surface area (Å²) in [5.41, 5.74) is 4.45. The van der Waals surface area contributed by atoms with Gasteiger partial charge >= 0.3 is 0 Å². The van der Waals surface area contributed by atoms with E-state index in [1.807, 2.05) is 0 Å². The third-order valence-electron chi connectivity index (χ3n) is 4.70. The molecule has 1 heteroatoms. The fraction of sp³-hybridized carbons (Fsp3) is 0.400. The highest BCUT2D eigenvalue weighted by Gasteiger charge is 2.29. The first-order valence-corrected chi connectivity index (χ1v) is 8.18. The molecule has 3 unspecified atom stereocenters. The standard InChI is InChI=1S/C20H25N/c1-3-9-19-17-12-7-8-13-18(17)20(15(2)14-21-19)16-10-5-4-6-11-16/h4-8,10-13,15,19-21H,3,9,14H2,1-2H3. The van der Waals surface area contributed by atoms with E-state index in [9.17, 15) is 0 Å². The van der Waals surface area contributed by atoms with Crippen LogP contribution in [0.25, 0.3) is 0 Å². The van der Waals surface area contributed by atoms with E-state index in [4.69, 9.17) is 0 Å². The second-order valence-corrected chi connectivity index (χ2v) is 6.24. The minimum Gasteiger partial charge on any atom is -0.310 e. The Kier molecular flexibility index (Phi) is 4.40. The Hall–Kier alpha value is -1.60. The normalized spacial score (nSPS) is 25.1. The van der Waals surface area contributed by atoms with Gasteiger partial charge in [0.25, 0.3) is 0 Å². The Morgan fingerprint density at radius 2 is 1.62 bits per heavy atom. The van der Waals surface area contributed by atoms with Crippen molar-refractivity contribution in [2.75, 3.05) is 6.54 Å². The van der Waals surface area contributed by atoms with E-state index in [0.29, 0.717) is 17.9 Å². The number of hydrogen-bond donors (Lipinski definition) is 1. The molecule has 1 nitrogen and oxygen atoms in total. The molecule has 21 heavy (non-hydrogen) atoms. The van der Waals surface area contributed by atoms with E-state index < -0.39 is 0 Å². The van der Waals surface area contributed by atoms with Gasteiger partial charge in [0.1, 0.15) is 0 Å². The average molecular weight is 279 g/mol. The fourth-order valence-corrected chi connectivity index (χ4v) is 3.69. The summed E-state index contributed by atoms with van der Waals surface area (Å²) in [5.74, 6) is 1.10. The molecule has 1 aliphatic rings. The van der Waals surface area contributed by atoms with Crippen molar-refractivity contribution in [3.05, 3.63) is 71.3 Å². The second-order valence-electron chi connectivity index (χ2n) is 6.24. The van der Waals surface area contributed by atoms with Crippen molar-refractivity contribution in [3.63, 3.8) is 0 Å². The van der Waals surface area contributed by atoms with E-state index >= 15 is 0 Å². The largest absolute Gasteiger partial charge is 0.310 e. The van der Waals surface area contributed by atoms with E-state index in [0.717, 1.165) is 6.54 Å². The van der Waals surface area contributed by atoms with Crippen LogP contribution in [0.1, 0.15) is 55.3 Å². The molecule has 3 rings (SSSR count).